The minimum Gasteiger partial charge on any atom is -0.494 e. The molecule has 0 N–H and O–H groups in total. The summed E-state index contributed by atoms with van der Waals surface area (Å²) in [5.74, 6) is -1.28. The van der Waals surface area contributed by atoms with Crippen LogP contribution in [0.15, 0.2) is 54.6 Å². The van der Waals surface area contributed by atoms with Gasteiger partial charge in [0.2, 0.25) is 0 Å². The maximum Gasteiger partial charge on any atom is 0.167 e. The van der Waals surface area contributed by atoms with Crippen LogP contribution in [0.3, 0.4) is 0 Å². The molecule has 0 spiro atoms. The monoisotopic (exact) mass is 468 g/mol. The predicted octanol–water partition coefficient (Wildman–Crippen LogP) is 7.98. The van der Waals surface area contributed by atoms with Crippen LogP contribution in [0.2, 0.25) is 0 Å². The molecule has 0 aromatic heterocycles. The lowest BCUT2D eigenvalue weighted by Gasteiger charge is -2.29. The molecule has 0 unspecified atom stereocenters. The van der Waals surface area contributed by atoms with Gasteiger partial charge in [0.25, 0.3) is 0 Å². The van der Waals surface area contributed by atoms with Crippen molar-refractivity contribution in [3.63, 3.8) is 0 Å². The highest BCUT2D eigenvalue weighted by molar-refractivity contribution is 5.65. The Balaban J connectivity index is 1.34. The quantitative estimate of drug-likeness (QED) is 0.334. The highest BCUT2D eigenvalue weighted by Gasteiger charge is 2.25. The van der Waals surface area contributed by atoms with E-state index in [0.717, 1.165) is 37.7 Å². The van der Waals surface area contributed by atoms with Crippen LogP contribution in [0.4, 0.5) is 13.2 Å². The molecular weight excluding hydrogens is 437 g/mol. The molecule has 180 valence electrons. The first-order valence-electron chi connectivity index (χ1n) is 12.1. The van der Waals surface area contributed by atoms with Gasteiger partial charge in [-0.05, 0) is 67.7 Å². The number of halogens is 3. The van der Waals surface area contributed by atoms with Crippen molar-refractivity contribution in [2.45, 2.75) is 64.6 Å². The first-order chi connectivity index (χ1) is 16.5. The van der Waals surface area contributed by atoms with Crippen molar-refractivity contribution in [1.29, 1.82) is 0 Å². The second-order valence-corrected chi connectivity index (χ2v) is 8.85. The van der Waals surface area contributed by atoms with E-state index in [1.54, 1.807) is 12.1 Å². The first kappa shape index (κ1) is 24.3. The van der Waals surface area contributed by atoms with Gasteiger partial charge in [-0.15, -0.1) is 0 Å². The van der Waals surface area contributed by atoms with Gasteiger partial charge in [0, 0.05) is 17.2 Å². The Bertz CT molecular complexity index is 1100. The third-order valence-electron chi connectivity index (χ3n) is 6.71. The number of aryl methyl sites for hydroxylation is 1. The fourth-order valence-corrected chi connectivity index (χ4v) is 4.69. The maximum absolute atomic E-state index is 14.8. The summed E-state index contributed by atoms with van der Waals surface area (Å²) in [5, 5.41) is 0. The van der Waals surface area contributed by atoms with E-state index < -0.39 is 11.6 Å². The summed E-state index contributed by atoms with van der Waals surface area (Å²) in [6.45, 7) is 4.44. The molecule has 34 heavy (non-hydrogen) atoms. The fourth-order valence-electron chi connectivity index (χ4n) is 4.69. The molecule has 0 heterocycles. The summed E-state index contributed by atoms with van der Waals surface area (Å²) < 4.78 is 55.3. The molecule has 1 fully saturated rings. The summed E-state index contributed by atoms with van der Waals surface area (Å²) in [6, 6.07) is 15.8. The molecule has 0 aliphatic heterocycles. The zero-order valence-electron chi connectivity index (χ0n) is 19.8. The summed E-state index contributed by atoms with van der Waals surface area (Å²) in [5.41, 5.74) is 2.97. The van der Waals surface area contributed by atoms with E-state index >= 15 is 0 Å². The van der Waals surface area contributed by atoms with Gasteiger partial charge in [-0.1, -0.05) is 49.4 Å². The summed E-state index contributed by atoms with van der Waals surface area (Å²) >= 11 is 0. The zero-order chi connectivity index (χ0) is 24.1. The van der Waals surface area contributed by atoms with E-state index in [2.05, 4.69) is 6.92 Å². The maximum atomic E-state index is 14.8. The fraction of sp³-hybridized carbons (Fsp3) is 0.379. The van der Waals surface area contributed by atoms with Crippen LogP contribution in [-0.2, 0) is 17.8 Å². The van der Waals surface area contributed by atoms with Gasteiger partial charge < -0.3 is 9.47 Å². The van der Waals surface area contributed by atoms with Crippen molar-refractivity contribution in [2.24, 2.45) is 0 Å². The Morgan fingerprint density at radius 2 is 1.56 bits per heavy atom. The number of hydrogen-bond acceptors (Lipinski definition) is 2. The molecule has 0 amide bonds. The van der Waals surface area contributed by atoms with Gasteiger partial charge in [-0.25, -0.2) is 13.2 Å². The van der Waals surface area contributed by atoms with Gasteiger partial charge in [-0.2, -0.15) is 0 Å². The Kier molecular flexibility index (Phi) is 7.94. The van der Waals surface area contributed by atoms with Crippen molar-refractivity contribution >= 4 is 0 Å². The molecule has 0 bridgehead atoms. The van der Waals surface area contributed by atoms with Crippen LogP contribution in [0.25, 0.3) is 11.1 Å². The van der Waals surface area contributed by atoms with Gasteiger partial charge in [-0.3, -0.25) is 0 Å². The van der Waals surface area contributed by atoms with Crippen molar-refractivity contribution in [2.75, 3.05) is 6.61 Å². The van der Waals surface area contributed by atoms with Gasteiger partial charge in [0.15, 0.2) is 11.6 Å². The Hall–Kier alpha value is -2.79. The Morgan fingerprint density at radius 1 is 0.824 bits per heavy atom. The van der Waals surface area contributed by atoms with Crippen molar-refractivity contribution in [3.8, 4) is 16.9 Å². The van der Waals surface area contributed by atoms with Crippen molar-refractivity contribution in [1.82, 2.24) is 0 Å². The molecule has 3 aromatic rings. The van der Waals surface area contributed by atoms with Gasteiger partial charge in [0.05, 0.1) is 19.3 Å². The molecule has 4 rings (SSSR count). The van der Waals surface area contributed by atoms with Crippen LogP contribution >= 0.6 is 0 Å². The number of benzene rings is 3. The summed E-state index contributed by atoms with van der Waals surface area (Å²) in [7, 11) is 0. The second-order valence-electron chi connectivity index (χ2n) is 8.85. The predicted molar refractivity (Wildman–Crippen MR) is 129 cm³/mol. The lowest BCUT2D eigenvalue weighted by molar-refractivity contribution is 0.0117. The molecule has 1 aliphatic rings. The van der Waals surface area contributed by atoms with E-state index in [9.17, 15) is 13.2 Å². The van der Waals surface area contributed by atoms with Crippen LogP contribution in [0.1, 0.15) is 62.1 Å². The molecule has 0 atom stereocenters. The molecular formula is C29H31F3O2. The molecule has 1 aliphatic carbocycles. The van der Waals surface area contributed by atoms with E-state index in [0.29, 0.717) is 23.5 Å². The van der Waals surface area contributed by atoms with Crippen LogP contribution < -0.4 is 4.74 Å². The van der Waals surface area contributed by atoms with Crippen LogP contribution in [0, 0.1) is 17.5 Å². The van der Waals surface area contributed by atoms with Crippen LogP contribution in [0.5, 0.6) is 5.75 Å². The highest BCUT2D eigenvalue weighted by atomic mass is 19.2. The average Bonchev–Trinajstić information content (AvgIpc) is 2.86. The summed E-state index contributed by atoms with van der Waals surface area (Å²) in [6.07, 6.45) is 3.93. The SMILES string of the molecule is CCOc1ccc(C2CCC(OCc3ccc(-c4ccc(CC)cc4)c(F)c3F)CC2)c(F)c1. The third-order valence-corrected chi connectivity index (χ3v) is 6.71. The smallest absolute Gasteiger partial charge is 0.167 e. The Labute approximate surface area is 199 Å². The molecule has 1 saturated carbocycles. The highest BCUT2D eigenvalue weighted by Crippen LogP contribution is 2.37. The molecule has 0 radical (unpaired) electrons. The second kappa shape index (κ2) is 11.1. The third kappa shape index (κ3) is 5.47. The molecule has 0 saturated heterocycles. The van der Waals surface area contributed by atoms with E-state index in [1.165, 1.54) is 6.07 Å². The average molecular weight is 469 g/mol. The number of rotatable bonds is 8. The van der Waals surface area contributed by atoms with Gasteiger partial charge in [0.1, 0.15) is 11.6 Å². The summed E-state index contributed by atoms with van der Waals surface area (Å²) in [4.78, 5) is 0. The number of ether oxygens (including phenoxy) is 2. The van der Waals surface area contributed by atoms with Crippen molar-refractivity contribution < 1.29 is 22.6 Å². The topological polar surface area (TPSA) is 18.5 Å². The normalized spacial score (nSPS) is 18.1. The minimum absolute atomic E-state index is 0.0184. The zero-order valence-corrected chi connectivity index (χ0v) is 19.8. The Morgan fingerprint density at radius 3 is 2.21 bits per heavy atom. The standard InChI is InChI=1S/C29H31F3O2/c1-3-19-5-7-21(8-6-19)26-15-11-22(28(31)29(26)32)18-34-23-12-9-20(10-13-23)25-16-14-24(33-4-2)17-27(25)30/h5-8,11,14-17,20,23H,3-4,9-10,12-13,18H2,1-2H3. The lowest BCUT2D eigenvalue weighted by atomic mass is 9.82. The van der Waals surface area contributed by atoms with E-state index in [1.807, 2.05) is 43.3 Å². The lowest BCUT2D eigenvalue weighted by Crippen LogP contribution is -2.21. The largest absolute Gasteiger partial charge is 0.494 e. The van der Waals surface area contributed by atoms with Crippen LogP contribution in [-0.4, -0.2) is 12.7 Å². The van der Waals surface area contributed by atoms with E-state index in [-0.39, 0.29) is 35.6 Å². The molecule has 2 nitrogen and oxygen atoms in total. The molecule has 5 heteroatoms. The first-order valence-corrected chi connectivity index (χ1v) is 12.1. The van der Waals surface area contributed by atoms with E-state index in [4.69, 9.17) is 9.47 Å². The molecule has 3 aromatic carbocycles. The number of hydrogen-bond donors (Lipinski definition) is 0. The van der Waals surface area contributed by atoms with Gasteiger partial charge >= 0.3 is 0 Å². The minimum atomic E-state index is -0.859. The van der Waals surface area contributed by atoms with Crippen molar-refractivity contribution in [3.05, 3.63) is 88.7 Å².